The Morgan fingerprint density at radius 3 is 2.48 bits per heavy atom. The van der Waals surface area contributed by atoms with E-state index in [9.17, 15) is 0 Å². The van der Waals surface area contributed by atoms with Crippen molar-refractivity contribution < 1.29 is 0 Å². The van der Waals surface area contributed by atoms with Crippen LogP contribution in [0.5, 0.6) is 0 Å². The largest absolute Gasteiger partial charge is 0.311 e. The van der Waals surface area contributed by atoms with Crippen LogP contribution in [0.2, 0.25) is 0 Å². The Hall–Kier alpha value is -0.960. The summed E-state index contributed by atoms with van der Waals surface area (Å²) >= 11 is 0. The summed E-state index contributed by atoms with van der Waals surface area (Å²) in [7, 11) is 0. The second-order valence-electron chi connectivity index (χ2n) is 7.29. The Bertz CT molecular complexity index is 420. The normalized spacial score (nSPS) is 23.0. The van der Waals surface area contributed by atoms with Crippen LogP contribution < -0.4 is 5.32 Å². The summed E-state index contributed by atoms with van der Waals surface area (Å²) in [4.78, 5) is 9.33. The molecule has 0 unspecified atom stereocenters. The summed E-state index contributed by atoms with van der Waals surface area (Å²) in [6.45, 7) is 11.1. The van der Waals surface area contributed by atoms with Gasteiger partial charge in [-0.3, -0.25) is 0 Å². The van der Waals surface area contributed by atoms with Crippen molar-refractivity contribution in [1.82, 2.24) is 15.3 Å². The number of hydrogen-bond acceptors (Lipinski definition) is 3. The molecule has 2 rings (SSSR count). The van der Waals surface area contributed by atoms with Crippen LogP contribution in [0.4, 0.5) is 0 Å². The van der Waals surface area contributed by atoms with Gasteiger partial charge in [-0.05, 0) is 56.0 Å². The third kappa shape index (κ3) is 5.06. The first-order valence-electron chi connectivity index (χ1n) is 8.58. The van der Waals surface area contributed by atoms with E-state index in [0.29, 0.717) is 11.8 Å². The number of hydrogen-bond donors (Lipinski definition) is 1. The molecule has 1 aromatic rings. The van der Waals surface area contributed by atoms with E-state index < -0.39 is 0 Å². The maximum atomic E-state index is 4.79. The van der Waals surface area contributed by atoms with Crippen molar-refractivity contribution in [2.24, 2.45) is 17.8 Å². The van der Waals surface area contributed by atoms with E-state index in [2.05, 4.69) is 38.0 Å². The minimum Gasteiger partial charge on any atom is -0.311 e. The van der Waals surface area contributed by atoms with Crippen LogP contribution >= 0.6 is 0 Å². The van der Waals surface area contributed by atoms with E-state index in [-0.39, 0.29) is 0 Å². The Labute approximate surface area is 130 Å². The Kier molecular flexibility index (Phi) is 6.16. The van der Waals surface area contributed by atoms with Gasteiger partial charge in [0.2, 0.25) is 0 Å². The first-order valence-corrected chi connectivity index (χ1v) is 8.58. The first-order chi connectivity index (χ1) is 10.1. The van der Waals surface area contributed by atoms with Crippen LogP contribution in [0.15, 0.2) is 12.3 Å². The number of nitrogens with zero attached hydrogens (tertiary/aromatic N) is 2. The van der Waals surface area contributed by atoms with E-state index in [1.807, 2.05) is 12.3 Å². The van der Waals surface area contributed by atoms with Gasteiger partial charge in [0.1, 0.15) is 5.82 Å². The minimum atomic E-state index is 0.574. The molecule has 0 amide bonds. The molecule has 1 saturated carbocycles. The second kappa shape index (κ2) is 7.88. The zero-order valence-electron chi connectivity index (χ0n) is 14.1. The van der Waals surface area contributed by atoms with E-state index in [0.717, 1.165) is 36.4 Å². The molecule has 3 nitrogen and oxygen atoms in total. The summed E-state index contributed by atoms with van der Waals surface area (Å²) in [6, 6.07) is 2.04. The quantitative estimate of drug-likeness (QED) is 0.855. The minimum absolute atomic E-state index is 0.574. The maximum absolute atomic E-state index is 4.79. The van der Waals surface area contributed by atoms with Crippen molar-refractivity contribution in [3.8, 4) is 0 Å². The Balaban J connectivity index is 1.89. The fraction of sp³-hybridized carbons (Fsp3) is 0.778. The zero-order chi connectivity index (χ0) is 15.2. The second-order valence-corrected chi connectivity index (χ2v) is 7.29. The van der Waals surface area contributed by atoms with Crippen LogP contribution in [-0.4, -0.2) is 16.5 Å². The molecule has 1 N–H and O–H groups in total. The van der Waals surface area contributed by atoms with Gasteiger partial charge in [0.25, 0.3) is 0 Å². The molecule has 0 aliphatic heterocycles. The first kappa shape index (κ1) is 16.4. The number of nitrogens with one attached hydrogen (secondary N) is 1. The van der Waals surface area contributed by atoms with Crippen LogP contribution in [0, 0.1) is 17.8 Å². The van der Waals surface area contributed by atoms with E-state index >= 15 is 0 Å². The summed E-state index contributed by atoms with van der Waals surface area (Å²) in [5.74, 6) is 4.04. The molecule has 3 heteroatoms. The maximum Gasteiger partial charge on any atom is 0.131 e. The van der Waals surface area contributed by atoms with Gasteiger partial charge >= 0.3 is 0 Å². The van der Waals surface area contributed by atoms with Gasteiger partial charge in [0.05, 0.1) is 5.69 Å². The molecule has 0 atom stereocenters. The predicted octanol–water partition coefficient (Wildman–Crippen LogP) is 4.15. The molecular weight excluding hydrogens is 258 g/mol. The lowest BCUT2D eigenvalue weighted by molar-refractivity contribution is 0.254. The molecule has 0 aromatic carbocycles. The lowest BCUT2D eigenvalue weighted by atomic mass is 9.77. The highest BCUT2D eigenvalue weighted by Gasteiger charge is 2.25. The van der Waals surface area contributed by atoms with E-state index in [4.69, 9.17) is 4.98 Å². The highest BCUT2D eigenvalue weighted by Crippen LogP contribution is 2.37. The highest BCUT2D eigenvalue weighted by atomic mass is 14.9. The predicted molar refractivity (Wildman–Crippen MR) is 88.1 cm³/mol. The van der Waals surface area contributed by atoms with E-state index in [1.165, 1.54) is 25.7 Å². The van der Waals surface area contributed by atoms with Crippen molar-refractivity contribution in [1.29, 1.82) is 0 Å². The van der Waals surface area contributed by atoms with Gasteiger partial charge in [-0.2, -0.15) is 0 Å². The van der Waals surface area contributed by atoms with Gasteiger partial charge in [-0.1, -0.05) is 27.7 Å². The van der Waals surface area contributed by atoms with Crippen LogP contribution in [-0.2, 0) is 6.54 Å². The summed E-state index contributed by atoms with van der Waals surface area (Å²) in [5, 5.41) is 3.46. The summed E-state index contributed by atoms with van der Waals surface area (Å²) < 4.78 is 0. The molecule has 118 valence electrons. The molecule has 1 aliphatic carbocycles. The smallest absolute Gasteiger partial charge is 0.131 e. The molecular formula is C18H31N3. The third-order valence-electron chi connectivity index (χ3n) is 4.67. The average molecular weight is 289 g/mol. The van der Waals surface area contributed by atoms with Crippen LogP contribution in [0.25, 0.3) is 0 Å². The van der Waals surface area contributed by atoms with Crippen molar-refractivity contribution >= 4 is 0 Å². The number of aromatic nitrogens is 2. The topological polar surface area (TPSA) is 37.8 Å². The van der Waals surface area contributed by atoms with Crippen LogP contribution in [0.1, 0.15) is 70.8 Å². The van der Waals surface area contributed by atoms with Crippen molar-refractivity contribution in [2.75, 3.05) is 6.54 Å². The van der Waals surface area contributed by atoms with Gasteiger partial charge < -0.3 is 5.32 Å². The monoisotopic (exact) mass is 289 g/mol. The standard InChI is InChI=1S/C18H31N3/c1-13(2)11-19-12-17-9-10-20-18(21-17)16-7-5-15(6-8-16)14(3)4/h9-10,13-16,19H,5-8,11-12H2,1-4H3. The average Bonchev–Trinajstić information content (AvgIpc) is 2.47. The molecule has 0 spiro atoms. The van der Waals surface area contributed by atoms with Gasteiger partial charge in [-0.25, -0.2) is 9.97 Å². The zero-order valence-corrected chi connectivity index (χ0v) is 14.1. The summed E-state index contributed by atoms with van der Waals surface area (Å²) in [5.41, 5.74) is 1.13. The Morgan fingerprint density at radius 1 is 1.14 bits per heavy atom. The fourth-order valence-corrected chi connectivity index (χ4v) is 3.24. The highest BCUT2D eigenvalue weighted by molar-refractivity contribution is 5.06. The molecule has 1 aliphatic rings. The molecule has 0 bridgehead atoms. The lowest BCUT2D eigenvalue weighted by Gasteiger charge is -2.30. The van der Waals surface area contributed by atoms with Crippen molar-refractivity contribution in [2.45, 2.75) is 65.8 Å². The molecule has 0 radical (unpaired) electrons. The number of rotatable bonds is 6. The summed E-state index contributed by atoms with van der Waals surface area (Å²) in [6.07, 6.45) is 7.11. The SMILES string of the molecule is CC(C)CNCc1ccnc(C2CCC(C(C)C)CC2)n1. The molecule has 1 heterocycles. The van der Waals surface area contributed by atoms with Crippen molar-refractivity contribution in [3.63, 3.8) is 0 Å². The molecule has 1 fully saturated rings. The van der Waals surface area contributed by atoms with Gasteiger partial charge in [0.15, 0.2) is 0 Å². The Morgan fingerprint density at radius 2 is 1.86 bits per heavy atom. The van der Waals surface area contributed by atoms with Crippen LogP contribution in [0.3, 0.4) is 0 Å². The molecule has 21 heavy (non-hydrogen) atoms. The lowest BCUT2D eigenvalue weighted by Crippen LogP contribution is -2.21. The fourth-order valence-electron chi connectivity index (χ4n) is 3.24. The molecule has 1 aromatic heterocycles. The third-order valence-corrected chi connectivity index (χ3v) is 4.67. The van der Waals surface area contributed by atoms with Gasteiger partial charge in [-0.15, -0.1) is 0 Å². The molecule has 0 saturated heterocycles. The van der Waals surface area contributed by atoms with Crippen molar-refractivity contribution in [3.05, 3.63) is 23.8 Å². The van der Waals surface area contributed by atoms with Gasteiger partial charge in [0, 0.05) is 18.7 Å². The van der Waals surface area contributed by atoms with E-state index in [1.54, 1.807) is 0 Å².